The predicted octanol–water partition coefficient (Wildman–Crippen LogP) is 2.87. The van der Waals surface area contributed by atoms with Crippen molar-refractivity contribution in [2.75, 3.05) is 38.1 Å². The number of rotatable bonds is 4. The number of nitrogens with one attached hydrogen (secondary N) is 1. The lowest BCUT2D eigenvalue weighted by molar-refractivity contribution is 0.175. The van der Waals surface area contributed by atoms with Crippen molar-refractivity contribution in [2.24, 2.45) is 0 Å². The molecule has 3 rings (SSSR count). The summed E-state index contributed by atoms with van der Waals surface area (Å²) in [4.78, 5) is 4.87. The van der Waals surface area contributed by atoms with Gasteiger partial charge in [-0.25, -0.2) is 4.39 Å². The molecule has 2 fully saturated rings. The zero-order valence-electron chi connectivity index (χ0n) is 13.6. The number of anilines is 1. The van der Waals surface area contributed by atoms with Crippen LogP contribution in [0.3, 0.4) is 0 Å². The van der Waals surface area contributed by atoms with E-state index in [0.717, 1.165) is 25.3 Å². The third-order valence-corrected chi connectivity index (χ3v) is 5.25. The second-order valence-corrected chi connectivity index (χ2v) is 6.78. The Kier molecular flexibility index (Phi) is 5.32. The Balaban J connectivity index is 1.42. The minimum atomic E-state index is -0.156. The van der Waals surface area contributed by atoms with Crippen LogP contribution in [0.25, 0.3) is 0 Å². The zero-order chi connectivity index (χ0) is 15.4. The van der Waals surface area contributed by atoms with E-state index in [0.29, 0.717) is 12.1 Å². The van der Waals surface area contributed by atoms with Gasteiger partial charge in [-0.3, -0.25) is 0 Å². The highest BCUT2D eigenvalue weighted by Crippen LogP contribution is 2.21. The molecule has 4 heteroatoms. The van der Waals surface area contributed by atoms with E-state index < -0.39 is 0 Å². The Morgan fingerprint density at radius 3 is 2.45 bits per heavy atom. The molecule has 0 aliphatic carbocycles. The molecule has 1 N–H and O–H groups in total. The van der Waals surface area contributed by atoms with E-state index in [-0.39, 0.29) is 5.82 Å². The summed E-state index contributed by atoms with van der Waals surface area (Å²) < 4.78 is 13.0. The van der Waals surface area contributed by atoms with Crippen molar-refractivity contribution in [1.29, 1.82) is 0 Å². The molecule has 0 amide bonds. The molecule has 2 aliphatic rings. The standard InChI is InChI=1S/C18H28FN3/c1-21-11-3-2-4-18(21)14-20-16-9-12-22(13-10-16)17-7-5-15(19)6-8-17/h5-8,16,18,20H,2-4,9-14H2,1H3. The number of halogens is 1. The average Bonchev–Trinajstić information content (AvgIpc) is 2.55. The van der Waals surface area contributed by atoms with Crippen LogP contribution < -0.4 is 10.2 Å². The van der Waals surface area contributed by atoms with Crippen LogP contribution in [0, 0.1) is 5.82 Å². The number of hydrogen-bond donors (Lipinski definition) is 1. The van der Waals surface area contributed by atoms with Gasteiger partial charge < -0.3 is 15.1 Å². The maximum absolute atomic E-state index is 13.0. The molecule has 1 atom stereocenters. The summed E-state index contributed by atoms with van der Waals surface area (Å²) in [5.41, 5.74) is 1.15. The van der Waals surface area contributed by atoms with Gasteiger partial charge in [-0.1, -0.05) is 6.42 Å². The maximum Gasteiger partial charge on any atom is 0.123 e. The van der Waals surface area contributed by atoms with Crippen LogP contribution in [0.2, 0.25) is 0 Å². The Morgan fingerprint density at radius 2 is 1.77 bits per heavy atom. The third kappa shape index (κ3) is 3.99. The summed E-state index contributed by atoms with van der Waals surface area (Å²) in [6.07, 6.45) is 6.41. The van der Waals surface area contributed by atoms with E-state index in [2.05, 4.69) is 22.2 Å². The smallest absolute Gasteiger partial charge is 0.123 e. The van der Waals surface area contributed by atoms with Crippen molar-refractivity contribution in [3.63, 3.8) is 0 Å². The fourth-order valence-electron chi connectivity index (χ4n) is 3.70. The van der Waals surface area contributed by atoms with Crippen LogP contribution in [-0.4, -0.2) is 50.2 Å². The largest absolute Gasteiger partial charge is 0.371 e. The van der Waals surface area contributed by atoms with Gasteiger partial charge >= 0.3 is 0 Å². The molecule has 0 saturated carbocycles. The van der Waals surface area contributed by atoms with Crippen LogP contribution in [0.4, 0.5) is 10.1 Å². The van der Waals surface area contributed by atoms with Crippen LogP contribution in [-0.2, 0) is 0 Å². The Hall–Kier alpha value is -1.13. The highest BCUT2D eigenvalue weighted by atomic mass is 19.1. The normalized spacial score (nSPS) is 24.6. The van der Waals surface area contributed by atoms with Gasteiger partial charge in [0.15, 0.2) is 0 Å². The predicted molar refractivity (Wildman–Crippen MR) is 89.9 cm³/mol. The lowest BCUT2D eigenvalue weighted by Crippen LogP contribution is -2.48. The molecular formula is C18H28FN3. The minimum absolute atomic E-state index is 0.156. The molecule has 3 nitrogen and oxygen atoms in total. The van der Waals surface area contributed by atoms with E-state index in [1.807, 2.05) is 12.1 Å². The maximum atomic E-state index is 13.0. The van der Waals surface area contributed by atoms with E-state index in [9.17, 15) is 4.39 Å². The van der Waals surface area contributed by atoms with Crippen molar-refractivity contribution in [2.45, 2.75) is 44.2 Å². The summed E-state index contributed by atoms with van der Waals surface area (Å²) in [5.74, 6) is -0.156. The quantitative estimate of drug-likeness (QED) is 0.923. The first-order valence-corrected chi connectivity index (χ1v) is 8.66. The highest BCUT2D eigenvalue weighted by Gasteiger charge is 2.22. The molecule has 2 heterocycles. The van der Waals surface area contributed by atoms with Crippen molar-refractivity contribution in [1.82, 2.24) is 10.2 Å². The van der Waals surface area contributed by atoms with Crippen molar-refractivity contribution < 1.29 is 4.39 Å². The molecule has 2 aliphatic heterocycles. The first-order chi connectivity index (χ1) is 10.7. The van der Waals surface area contributed by atoms with Gasteiger partial charge in [0, 0.05) is 37.4 Å². The van der Waals surface area contributed by atoms with Gasteiger partial charge in [0.2, 0.25) is 0 Å². The molecule has 1 aromatic carbocycles. The second kappa shape index (κ2) is 7.42. The fourth-order valence-corrected chi connectivity index (χ4v) is 3.70. The number of likely N-dealkylation sites (N-methyl/N-ethyl adjacent to an activating group) is 1. The third-order valence-electron chi connectivity index (χ3n) is 5.25. The molecule has 1 unspecified atom stereocenters. The van der Waals surface area contributed by atoms with Gasteiger partial charge in [0.25, 0.3) is 0 Å². The average molecular weight is 305 g/mol. The van der Waals surface area contributed by atoms with E-state index in [4.69, 9.17) is 0 Å². The zero-order valence-corrected chi connectivity index (χ0v) is 13.6. The van der Waals surface area contributed by atoms with Crippen LogP contribution >= 0.6 is 0 Å². The van der Waals surface area contributed by atoms with Gasteiger partial charge in [-0.15, -0.1) is 0 Å². The summed E-state index contributed by atoms with van der Waals surface area (Å²) in [7, 11) is 2.25. The van der Waals surface area contributed by atoms with E-state index >= 15 is 0 Å². The highest BCUT2D eigenvalue weighted by molar-refractivity contribution is 5.46. The Morgan fingerprint density at radius 1 is 1.05 bits per heavy atom. The minimum Gasteiger partial charge on any atom is -0.371 e. The SMILES string of the molecule is CN1CCCCC1CNC1CCN(c2ccc(F)cc2)CC1. The lowest BCUT2D eigenvalue weighted by atomic mass is 10.0. The lowest BCUT2D eigenvalue weighted by Gasteiger charge is -2.37. The Labute approximate surface area is 133 Å². The van der Waals surface area contributed by atoms with Crippen molar-refractivity contribution >= 4 is 5.69 Å². The van der Waals surface area contributed by atoms with Gasteiger partial charge in [0.1, 0.15) is 5.82 Å². The Bertz CT molecular complexity index is 454. The van der Waals surface area contributed by atoms with Crippen molar-refractivity contribution in [3.8, 4) is 0 Å². The molecule has 122 valence electrons. The fraction of sp³-hybridized carbons (Fsp3) is 0.667. The van der Waals surface area contributed by atoms with Crippen LogP contribution in [0.1, 0.15) is 32.1 Å². The molecule has 2 saturated heterocycles. The first-order valence-electron chi connectivity index (χ1n) is 8.66. The number of piperidine rings is 2. The number of nitrogens with zero attached hydrogens (tertiary/aromatic N) is 2. The van der Waals surface area contributed by atoms with Gasteiger partial charge in [0.05, 0.1) is 0 Å². The molecule has 1 aromatic rings. The van der Waals surface area contributed by atoms with Gasteiger partial charge in [-0.2, -0.15) is 0 Å². The second-order valence-electron chi connectivity index (χ2n) is 6.78. The van der Waals surface area contributed by atoms with Gasteiger partial charge in [-0.05, 0) is 63.5 Å². The number of likely N-dealkylation sites (tertiary alicyclic amines) is 1. The molecule has 22 heavy (non-hydrogen) atoms. The van der Waals surface area contributed by atoms with E-state index in [1.54, 1.807) is 12.1 Å². The van der Waals surface area contributed by atoms with Crippen LogP contribution in [0.5, 0.6) is 0 Å². The number of hydrogen-bond acceptors (Lipinski definition) is 3. The van der Waals surface area contributed by atoms with E-state index in [1.165, 1.54) is 38.6 Å². The van der Waals surface area contributed by atoms with Crippen LogP contribution in [0.15, 0.2) is 24.3 Å². The molecule has 0 aromatic heterocycles. The monoisotopic (exact) mass is 305 g/mol. The summed E-state index contributed by atoms with van der Waals surface area (Å²) >= 11 is 0. The molecule has 0 spiro atoms. The topological polar surface area (TPSA) is 18.5 Å². The molecule has 0 bridgehead atoms. The summed E-state index contributed by atoms with van der Waals surface area (Å²) in [6.45, 7) is 4.49. The number of benzene rings is 1. The molecular weight excluding hydrogens is 277 g/mol. The summed E-state index contributed by atoms with van der Waals surface area (Å²) in [5, 5.41) is 3.77. The van der Waals surface area contributed by atoms with Crippen molar-refractivity contribution in [3.05, 3.63) is 30.1 Å². The first kappa shape index (κ1) is 15.8. The summed E-state index contributed by atoms with van der Waals surface area (Å²) in [6, 6.07) is 8.23. The molecule has 0 radical (unpaired) electrons.